The van der Waals surface area contributed by atoms with Crippen molar-refractivity contribution in [2.24, 2.45) is 11.5 Å². The minimum Gasteiger partial charge on any atom is -0.438 e. The summed E-state index contributed by atoms with van der Waals surface area (Å²) >= 11 is 0. The first-order valence-corrected chi connectivity index (χ1v) is 12.7. The maximum atomic E-state index is 13.1. The molecule has 0 aliphatic heterocycles. The van der Waals surface area contributed by atoms with Crippen molar-refractivity contribution in [2.75, 3.05) is 6.54 Å². The molecular formula is C27H35F3N4O5. The number of aryl methyl sites for hydroxylation is 3. The van der Waals surface area contributed by atoms with Gasteiger partial charge in [-0.15, -0.1) is 0 Å². The van der Waals surface area contributed by atoms with Crippen LogP contribution in [0, 0.1) is 13.8 Å². The highest BCUT2D eigenvalue weighted by atomic mass is 19.4. The number of nitrogens with zero attached hydrogens (tertiary/aromatic N) is 1. The number of rotatable bonds is 13. The van der Waals surface area contributed by atoms with E-state index < -0.39 is 42.7 Å². The van der Waals surface area contributed by atoms with E-state index in [2.05, 4.69) is 15.0 Å². The zero-order chi connectivity index (χ0) is 28.7. The Morgan fingerprint density at radius 3 is 2.44 bits per heavy atom. The number of fused-ring (bicyclic) bond motifs is 1. The number of carbonyl (C=O) groups is 1. The molecule has 3 rings (SSSR count). The number of aromatic nitrogens is 1. The second-order valence-corrected chi connectivity index (χ2v) is 9.61. The van der Waals surface area contributed by atoms with Gasteiger partial charge in [0, 0.05) is 12.1 Å². The summed E-state index contributed by atoms with van der Waals surface area (Å²) in [5.41, 5.74) is 15.2. The van der Waals surface area contributed by atoms with Crippen molar-refractivity contribution >= 4 is 17.1 Å². The second kappa shape index (κ2) is 13.4. The van der Waals surface area contributed by atoms with Crippen molar-refractivity contribution in [3.05, 3.63) is 65.0 Å². The van der Waals surface area contributed by atoms with Gasteiger partial charge >= 0.3 is 12.1 Å². The van der Waals surface area contributed by atoms with Gasteiger partial charge in [-0.2, -0.15) is 13.2 Å². The van der Waals surface area contributed by atoms with E-state index in [1.807, 2.05) is 44.2 Å². The number of esters is 1. The van der Waals surface area contributed by atoms with Crippen LogP contribution in [0.5, 0.6) is 0 Å². The van der Waals surface area contributed by atoms with Crippen LogP contribution in [0.4, 0.5) is 13.2 Å². The average Bonchev–Trinajstić information content (AvgIpc) is 3.30. The van der Waals surface area contributed by atoms with Crippen molar-refractivity contribution in [1.82, 2.24) is 10.3 Å². The lowest BCUT2D eigenvalue weighted by Crippen LogP contribution is -2.56. The summed E-state index contributed by atoms with van der Waals surface area (Å²) in [7, 11) is 0. The van der Waals surface area contributed by atoms with Crippen LogP contribution in [0.25, 0.3) is 11.1 Å². The standard InChI is InChI=1S/C27H35F3N4O5/c1-15-13-20-21(14-16(15)2)38-25(34-20)23(36)19(11-10-17-7-4-3-5-8-17)33-24(39-26(37)27(28,29)30)22(35)18(32)9-6-12-31/h3-5,7-8,13-14,18-19,22-24,33,35-36H,6,9-12,31-32H2,1-2H3/t18-,19-,22-,23-,24?/m1/s1. The number of hydrogen-bond acceptors (Lipinski definition) is 9. The Bertz CT molecular complexity index is 1180. The Hall–Kier alpha value is -3.03. The first kappa shape index (κ1) is 30.5. The molecule has 0 aliphatic rings. The molecule has 1 aromatic heterocycles. The molecule has 0 amide bonds. The smallest absolute Gasteiger partial charge is 0.438 e. The van der Waals surface area contributed by atoms with Gasteiger partial charge in [0.15, 0.2) is 11.8 Å². The summed E-state index contributed by atoms with van der Waals surface area (Å²) in [4.78, 5) is 16.1. The van der Waals surface area contributed by atoms with E-state index in [0.717, 1.165) is 16.7 Å². The van der Waals surface area contributed by atoms with Gasteiger partial charge in [0.05, 0.1) is 0 Å². The highest BCUT2D eigenvalue weighted by molar-refractivity contribution is 5.76. The van der Waals surface area contributed by atoms with Crippen LogP contribution in [-0.4, -0.2) is 58.3 Å². The lowest BCUT2D eigenvalue weighted by Gasteiger charge is -2.33. The molecule has 0 saturated heterocycles. The maximum absolute atomic E-state index is 13.1. The molecule has 3 aromatic rings. The molecule has 39 heavy (non-hydrogen) atoms. The molecule has 214 valence electrons. The van der Waals surface area contributed by atoms with E-state index in [1.54, 1.807) is 12.1 Å². The Labute approximate surface area is 224 Å². The zero-order valence-corrected chi connectivity index (χ0v) is 21.8. The van der Waals surface area contributed by atoms with Crippen LogP contribution >= 0.6 is 0 Å². The fraction of sp³-hybridized carbons (Fsp3) is 0.481. The third-order valence-corrected chi connectivity index (χ3v) is 6.58. The summed E-state index contributed by atoms with van der Waals surface area (Å²) in [6.07, 6.45) is -9.30. The van der Waals surface area contributed by atoms with E-state index >= 15 is 0 Å². The Balaban J connectivity index is 1.93. The Morgan fingerprint density at radius 2 is 1.79 bits per heavy atom. The number of oxazole rings is 1. The van der Waals surface area contributed by atoms with Gasteiger partial charge in [-0.05, 0) is 74.9 Å². The molecule has 0 spiro atoms. The van der Waals surface area contributed by atoms with Crippen LogP contribution in [0.3, 0.4) is 0 Å². The van der Waals surface area contributed by atoms with Crippen LogP contribution in [0.2, 0.25) is 0 Å². The SMILES string of the molecule is Cc1cc2nc([C@H](O)[C@@H](CCc3ccccc3)NC(OC(=O)C(F)(F)F)[C@H](O)[C@H](N)CCCN)oc2cc1C. The van der Waals surface area contributed by atoms with Gasteiger partial charge in [0.25, 0.3) is 0 Å². The summed E-state index contributed by atoms with van der Waals surface area (Å²) in [6.45, 7) is 4.04. The van der Waals surface area contributed by atoms with Crippen molar-refractivity contribution in [3.8, 4) is 0 Å². The normalized spacial score (nSPS) is 16.0. The number of nitrogens with two attached hydrogens (primary N) is 2. The lowest BCUT2D eigenvalue weighted by atomic mass is 9.99. The topological polar surface area (TPSA) is 157 Å². The van der Waals surface area contributed by atoms with Gasteiger partial charge < -0.3 is 30.8 Å². The number of alkyl halides is 3. The minimum absolute atomic E-state index is 0.0802. The van der Waals surface area contributed by atoms with Crippen molar-refractivity contribution in [1.29, 1.82) is 0 Å². The number of ether oxygens (including phenoxy) is 1. The molecule has 0 aliphatic carbocycles. The summed E-state index contributed by atoms with van der Waals surface area (Å²) < 4.78 is 49.7. The third-order valence-electron chi connectivity index (χ3n) is 6.58. The average molecular weight is 553 g/mol. The van der Waals surface area contributed by atoms with Crippen LogP contribution in [0.15, 0.2) is 46.9 Å². The molecule has 2 aromatic carbocycles. The second-order valence-electron chi connectivity index (χ2n) is 9.61. The van der Waals surface area contributed by atoms with E-state index in [9.17, 15) is 28.2 Å². The van der Waals surface area contributed by atoms with Gasteiger partial charge in [-0.25, -0.2) is 9.78 Å². The summed E-state index contributed by atoms with van der Waals surface area (Å²) in [5.74, 6) is -2.59. The fourth-order valence-electron chi connectivity index (χ4n) is 4.14. The van der Waals surface area contributed by atoms with Gasteiger partial charge in [-0.3, -0.25) is 5.32 Å². The Kier molecular flexibility index (Phi) is 10.4. The quantitative estimate of drug-likeness (QED) is 0.159. The molecule has 5 atom stereocenters. The summed E-state index contributed by atoms with van der Waals surface area (Å²) in [6, 6.07) is 10.7. The predicted molar refractivity (Wildman–Crippen MR) is 138 cm³/mol. The van der Waals surface area contributed by atoms with Crippen molar-refractivity contribution < 1.29 is 37.3 Å². The van der Waals surface area contributed by atoms with Crippen molar-refractivity contribution in [2.45, 2.75) is 76.2 Å². The maximum Gasteiger partial charge on any atom is 0.490 e. The number of carbonyl (C=O) groups excluding carboxylic acids is 1. The molecule has 1 unspecified atom stereocenters. The molecule has 0 fully saturated rings. The zero-order valence-electron chi connectivity index (χ0n) is 21.8. The van der Waals surface area contributed by atoms with E-state index in [0.29, 0.717) is 23.9 Å². The molecule has 7 N–H and O–H groups in total. The van der Waals surface area contributed by atoms with Gasteiger partial charge in [0.1, 0.15) is 17.7 Å². The minimum atomic E-state index is -5.31. The van der Waals surface area contributed by atoms with Crippen LogP contribution in [0.1, 0.15) is 47.9 Å². The molecule has 0 bridgehead atoms. The number of aliphatic hydroxyl groups excluding tert-OH is 2. The number of benzene rings is 2. The molecule has 9 nitrogen and oxygen atoms in total. The highest BCUT2D eigenvalue weighted by Gasteiger charge is 2.44. The fourth-order valence-corrected chi connectivity index (χ4v) is 4.14. The first-order valence-electron chi connectivity index (χ1n) is 12.7. The van der Waals surface area contributed by atoms with Gasteiger partial charge in [-0.1, -0.05) is 30.3 Å². The van der Waals surface area contributed by atoms with E-state index in [-0.39, 0.29) is 25.3 Å². The molecular weight excluding hydrogens is 517 g/mol. The third kappa shape index (κ3) is 8.23. The van der Waals surface area contributed by atoms with Gasteiger partial charge in [0.2, 0.25) is 5.89 Å². The summed E-state index contributed by atoms with van der Waals surface area (Å²) in [5, 5.41) is 24.8. The van der Waals surface area contributed by atoms with Crippen LogP contribution < -0.4 is 16.8 Å². The predicted octanol–water partition coefficient (Wildman–Crippen LogP) is 2.93. The van der Waals surface area contributed by atoms with Crippen LogP contribution in [-0.2, 0) is 16.0 Å². The highest BCUT2D eigenvalue weighted by Crippen LogP contribution is 2.27. The molecule has 0 saturated carbocycles. The molecule has 1 heterocycles. The number of aliphatic hydroxyl groups is 2. The lowest BCUT2D eigenvalue weighted by molar-refractivity contribution is -0.213. The first-order chi connectivity index (χ1) is 18.4. The number of halogens is 3. The monoisotopic (exact) mass is 552 g/mol. The van der Waals surface area contributed by atoms with Crippen molar-refractivity contribution in [3.63, 3.8) is 0 Å². The largest absolute Gasteiger partial charge is 0.490 e. The molecule has 12 heteroatoms. The Morgan fingerprint density at radius 1 is 1.13 bits per heavy atom. The number of nitrogens with one attached hydrogen (secondary N) is 1. The van der Waals surface area contributed by atoms with E-state index in [1.165, 1.54) is 0 Å². The van der Waals surface area contributed by atoms with E-state index in [4.69, 9.17) is 15.9 Å². The number of hydrogen-bond donors (Lipinski definition) is 5. The molecule has 0 radical (unpaired) electrons.